The lowest BCUT2D eigenvalue weighted by Crippen LogP contribution is -2.08. The average Bonchev–Trinajstić information content (AvgIpc) is 3.15. The second-order valence-electron chi connectivity index (χ2n) is 4.75. The molecule has 0 unspecified atom stereocenters. The number of hydrogen-bond donors (Lipinski definition) is 2. The molecule has 2 N–H and O–H groups in total. The lowest BCUT2D eigenvalue weighted by atomic mass is 10.1. The van der Waals surface area contributed by atoms with E-state index < -0.39 is 0 Å². The summed E-state index contributed by atoms with van der Waals surface area (Å²) < 4.78 is 0. The van der Waals surface area contributed by atoms with E-state index in [4.69, 9.17) is 0 Å². The first-order chi connectivity index (χ1) is 10.4. The van der Waals surface area contributed by atoms with E-state index in [0.29, 0.717) is 0 Å². The predicted octanol–water partition coefficient (Wildman–Crippen LogP) is 3.10. The Labute approximate surface area is 120 Å². The zero-order valence-corrected chi connectivity index (χ0v) is 11.2. The maximum Gasteiger partial charge on any atom is 0.0582 e. The van der Waals surface area contributed by atoms with E-state index in [1.54, 1.807) is 23.4 Å². The van der Waals surface area contributed by atoms with Gasteiger partial charge >= 0.3 is 0 Å². The van der Waals surface area contributed by atoms with Crippen LogP contribution in [0.5, 0.6) is 0 Å². The number of para-hydroxylation sites is 2. The number of rotatable bonds is 3. The van der Waals surface area contributed by atoms with Crippen LogP contribution in [0.3, 0.4) is 0 Å². The van der Waals surface area contributed by atoms with Crippen molar-refractivity contribution in [2.75, 3.05) is 5.53 Å². The van der Waals surface area contributed by atoms with E-state index >= 15 is 0 Å². The minimum absolute atomic E-state index is 1.03. The van der Waals surface area contributed by atoms with Crippen molar-refractivity contribution in [2.45, 2.75) is 0 Å². The minimum Gasteiger partial charge on any atom is -0.354 e. The van der Waals surface area contributed by atoms with Gasteiger partial charge in [-0.15, -0.1) is 0 Å². The van der Waals surface area contributed by atoms with E-state index in [-0.39, 0.29) is 0 Å². The van der Waals surface area contributed by atoms with Crippen molar-refractivity contribution < 1.29 is 0 Å². The molecular formula is C16H13N5. The summed E-state index contributed by atoms with van der Waals surface area (Å²) in [6.07, 6.45) is 5.28. The van der Waals surface area contributed by atoms with Gasteiger partial charge in [0.15, 0.2) is 0 Å². The molecule has 5 nitrogen and oxygen atoms in total. The van der Waals surface area contributed by atoms with Crippen molar-refractivity contribution in [1.82, 2.24) is 14.9 Å². The Morgan fingerprint density at radius 3 is 2.86 bits per heavy atom. The molecule has 2 aromatic heterocycles. The van der Waals surface area contributed by atoms with Crippen molar-refractivity contribution in [3.8, 4) is 0 Å². The van der Waals surface area contributed by atoms with E-state index in [1.165, 1.54) is 10.8 Å². The summed E-state index contributed by atoms with van der Waals surface area (Å²) in [4.78, 5) is 4.99. The van der Waals surface area contributed by atoms with Gasteiger partial charge in [0.2, 0.25) is 0 Å². The summed E-state index contributed by atoms with van der Waals surface area (Å²) in [5.41, 5.74) is 6.08. The Hall–Kier alpha value is -3.08. The fourth-order valence-electron chi connectivity index (χ4n) is 2.49. The van der Waals surface area contributed by atoms with Gasteiger partial charge in [0, 0.05) is 21.9 Å². The third-order valence-corrected chi connectivity index (χ3v) is 3.44. The summed E-state index contributed by atoms with van der Waals surface area (Å²) in [7, 11) is 0. The summed E-state index contributed by atoms with van der Waals surface area (Å²) >= 11 is 0. The van der Waals surface area contributed by atoms with Gasteiger partial charge in [-0.25, -0.2) is 0 Å². The summed E-state index contributed by atoms with van der Waals surface area (Å²) in [5.74, 6) is 0. The van der Waals surface area contributed by atoms with Crippen LogP contribution in [0.2, 0.25) is 0 Å². The Bertz CT molecular complexity index is 918. The predicted molar refractivity (Wildman–Crippen MR) is 85.0 cm³/mol. The number of aromatic nitrogens is 3. The molecule has 0 spiro atoms. The number of H-pyrrole nitrogens is 1. The summed E-state index contributed by atoms with van der Waals surface area (Å²) in [6.45, 7) is 0. The largest absolute Gasteiger partial charge is 0.354 e. The van der Waals surface area contributed by atoms with Gasteiger partial charge in [-0.05, 0) is 12.1 Å². The van der Waals surface area contributed by atoms with Crippen LogP contribution in [0.4, 0.5) is 0 Å². The maximum absolute atomic E-state index is 4.21. The summed E-state index contributed by atoms with van der Waals surface area (Å²) in [6, 6.07) is 16.3. The highest BCUT2D eigenvalue weighted by Crippen LogP contribution is 2.26. The molecule has 5 heteroatoms. The normalized spacial score (nSPS) is 11.6. The van der Waals surface area contributed by atoms with E-state index in [1.807, 2.05) is 24.3 Å². The highest BCUT2D eigenvalue weighted by Gasteiger charge is 2.05. The average molecular weight is 275 g/mol. The molecule has 0 aliphatic carbocycles. The van der Waals surface area contributed by atoms with Crippen LogP contribution in [0.1, 0.15) is 5.56 Å². The standard InChI is InChI=1S/C16H13N5/c1-2-8-15-13(6-1)14-7-3-5-12(16(14)19-15)11-17-20-21-10-4-9-18-21/h1-11,19-20H. The first kappa shape index (κ1) is 11.7. The molecule has 2 aromatic carbocycles. The molecule has 0 saturated carbocycles. The Balaban J connectivity index is 1.76. The zero-order chi connectivity index (χ0) is 14.1. The second-order valence-corrected chi connectivity index (χ2v) is 4.75. The highest BCUT2D eigenvalue weighted by molar-refractivity contribution is 6.12. The Morgan fingerprint density at radius 1 is 1.05 bits per heavy atom. The van der Waals surface area contributed by atoms with Gasteiger partial charge in [-0.1, -0.05) is 36.4 Å². The molecule has 4 rings (SSSR count). The van der Waals surface area contributed by atoms with Crippen LogP contribution in [-0.2, 0) is 0 Å². The van der Waals surface area contributed by atoms with Crippen LogP contribution in [0.25, 0.3) is 21.8 Å². The number of nitrogens with one attached hydrogen (secondary N) is 2. The quantitative estimate of drug-likeness (QED) is 0.446. The number of fused-ring (bicyclic) bond motifs is 3. The number of aromatic amines is 1. The first-order valence-corrected chi connectivity index (χ1v) is 6.70. The van der Waals surface area contributed by atoms with Gasteiger partial charge in [0.05, 0.1) is 24.1 Å². The van der Waals surface area contributed by atoms with Gasteiger partial charge in [-0.2, -0.15) is 20.5 Å². The van der Waals surface area contributed by atoms with Crippen LogP contribution >= 0.6 is 0 Å². The molecule has 0 aliphatic rings. The van der Waals surface area contributed by atoms with Gasteiger partial charge < -0.3 is 4.98 Å². The molecular weight excluding hydrogens is 262 g/mol. The summed E-state index contributed by atoms with van der Waals surface area (Å²) in [5, 5.41) is 10.7. The molecule has 0 bridgehead atoms. The Kier molecular flexibility index (Phi) is 2.67. The monoisotopic (exact) mass is 275 g/mol. The van der Waals surface area contributed by atoms with Gasteiger partial charge in [0.25, 0.3) is 0 Å². The van der Waals surface area contributed by atoms with Crippen LogP contribution in [-0.4, -0.2) is 21.1 Å². The number of nitrogens with zero attached hydrogens (tertiary/aromatic N) is 3. The molecule has 0 atom stereocenters. The molecule has 0 radical (unpaired) electrons. The van der Waals surface area contributed by atoms with Crippen LogP contribution < -0.4 is 5.53 Å². The molecule has 4 aromatic rings. The SMILES string of the molecule is C(=NNn1cccn1)c1cccc2c1[nH]c1ccccc12. The third-order valence-electron chi connectivity index (χ3n) is 3.44. The molecule has 2 heterocycles. The first-order valence-electron chi connectivity index (χ1n) is 6.70. The van der Waals surface area contributed by atoms with E-state index in [9.17, 15) is 0 Å². The maximum atomic E-state index is 4.21. The number of hydrogen-bond acceptors (Lipinski definition) is 3. The Morgan fingerprint density at radius 2 is 1.95 bits per heavy atom. The van der Waals surface area contributed by atoms with E-state index in [0.717, 1.165) is 16.6 Å². The molecule has 102 valence electrons. The van der Waals surface area contributed by atoms with E-state index in [2.05, 4.69) is 45.0 Å². The highest BCUT2D eigenvalue weighted by atomic mass is 15.7. The van der Waals surface area contributed by atoms with Crippen LogP contribution in [0, 0.1) is 0 Å². The lowest BCUT2D eigenvalue weighted by Gasteiger charge is -1.99. The van der Waals surface area contributed by atoms with Gasteiger partial charge in [-0.3, -0.25) is 0 Å². The fraction of sp³-hybridized carbons (Fsp3) is 0. The van der Waals surface area contributed by atoms with Crippen LogP contribution in [0.15, 0.2) is 66.0 Å². The van der Waals surface area contributed by atoms with Crippen molar-refractivity contribution >= 4 is 28.0 Å². The van der Waals surface area contributed by atoms with Crippen molar-refractivity contribution in [3.63, 3.8) is 0 Å². The molecule has 0 saturated heterocycles. The third kappa shape index (κ3) is 2.04. The molecule has 0 aliphatic heterocycles. The minimum atomic E-state index is 1.03. The molecule has 0 fully saturated rings. The fourth-order valence-corrected chi connectivity index (χ4v) is 2.49. The van der Waals surface area contributed by atoms with Crippen molar-refractivity contribution in [3.05, 3.63) is 66.5 Å². The molecule has 0 amide bonds. The van der Waals surface area contributed by atoms with Crippen molar-refractivity contribution in [2.24, 2.45) is 5.10 Å². The topological polar surface area (TPSA) is 58.0 Å². The number of benzene rings is 2. The van der Waals surface area contributed by atoms with Gasteiger partial charge in [0.1, 0.15) is 0 Å². The van der Waals surface area contributed by atoms with Crippen molar-refractivity contribution in [1.29, 1.82) is 0 Å². The number of hydrazone groups is 1. The second kappa shape index (κ2) is 4.79. The zero-order valence-electron chi connectivity index (χ0n) is 11.2. The lowest BCUT2D eigenvalue weighted by molar-refractivity contribution is 0.756. The molecule has 21 heavy (non-hydrogen) atoms. The smallest absolute Gasteiger partial charge is 0.0582 e.